The molecule has 2 unspecified atom stereocenters. The highest BCUT2D eigenvalue weighted by molar-refractivity contribution is 4.84. The van der Waals surface area contributed by atoms with Crippen LogP contribution in [-0.2, 0) is 0 Å². The number of rotatable bonds is 3. The van der Waals surface area contributed by atoms with E-state index in [1.807, 2.05) is 0 Å². The lowest BCUT2D eigenvalue weighted by atomic mass is 9.80. The molecule has 1 aliphatic heterocycles. The first-order chi connectivity index (χ1) is 7.99. The third kappa shape index (κ3) is 3.35. The van der Waals surface area contributed by atoms with Crippen LogP contribution in [0.3, 0.4) is 0 Å². The van der Waals surface area contributed by atoms with E-state index in [1.165, 1.54) is 0 Å². The lowest BCUT2D eigenvalue weighted by molar-refractivity contribution is -0.186. The first-order valence-electron chi connectivity index (χ1n) is 6.39. The first kappa shape index (κ1) is 13.1. The van der Waals surface area contributed by atoms with Crippen molar-refractivity contribution in [2.45, 2.75) is 31.9 Å². The highest BCUT2D eigenvalue weighted by Gasteiger charge is 2.42. The van der Waals surface area contributed by atoms with Crippen LogP contribution in [0.15, 0.2) is 0 Å². The maximum atomic E-state index is 12.6. The topological polar surface area (TPSA) is 23.5 Å². The van der Waals surface area contributed by atoms with Crippen LogP contribution in [0, 0.1) is 17.8 Å². The van der Waals surface area contributed by atoms with Crippen LogP contribution in [0.1, 0.15) is 25.7 Å². The summed E-state index contributed by atoms with van der Waals surface area (Å²) in [5, 5.41) is 8.88. The van der Waals surface area contributed by atoms with Gasteiger partial charge in [-0.2, -0.15) is 13.2 Å². The van der Waals surface area contributed by atoms with E-state index >= 15 is 0 Å². The van der Waals surface area contributed by atoms with E-state index in [0.717, 1.165) is 26.1 Å². The van der Waals surface area contributed by atoms with Gasteiger partial charge in [0.1, 0.15) is 0 Å². The normalized spacial score (nSPS) is 32.5. The molecule has 1 heterocycles. The minimum absolute atomic E-state index is 0.190. The van der Waals surface area contributed by atoms with Gasteiger partial charge >= 0.3 is 6.18 Å². The first-order valence-corrected chi connectivity index (χ1v) is 6.39. The summed E-state index contributed by atoms with van der Waals surface area (Å²) in [6, 6.07) is 0. The molecular weight excluding hydrogens is 231 g/mol. The Balaban J connectivity index is 1.75. The Morgan fingerprint density at radius 3 is 2.41 bits per heavy atom. The number of aliphatic hydroxyl groups is 1. The molecule has 1 saturated carbocycles. The fourth-order valence-corrected chi connectivity index (χ4v) is 3.06. The van der Waals surface area contributed by atoms with Gasteiger partial charge in [0, 0.05) is 32.2 Å². The fourth-order valence-electron chi connectivity index (χ4n) is 3.06. The van der Waals surface area contributed by atoms with E-state index in [9.17, 15) is 13.2 Å². The molecule has 0 aromatic heterocycles. The van der Waals surface area contributed by atoms with E-state index in [2.05, 4.69) is 4.90 Å². The van der Waals surface area contributed by atoms with Crippen LogP contribution in [0.5, 0.6) is 0 Å². The van der Waals surface area contributed by atoms with Crippen molar-refractivity contribution in [2.24, 2.45) is 17.8 Å². The molecule has 0 aromatic rings. The predicted molar refractivity (Wildman–Crippen MR) is 58.5 cm³/mol. The van der Waals surface area contributed by atoms with Gasteiger partial charge in [-0.1, -0.05) is 6.42 Å². The van der Waals surface area contributed by atoms with Crippen LogP contribution < -0.4 is 0 Å². The van der Waals surface area contributed by atoms with Crippen molar-refractivity contribution in [3.63, 3.8) is 0 Å². The summed E-state index contributed by atoms with van der Waals surface area (Å²) in [5.41, 5.74) is 0. The minimum atomic E-state index is -4.01. The maximum Gasteiger partial charge on any atom is 0.391 e. The van der Waals surface area contributed by atoms with E-state index < -0.39 is 12.1 Å². The van der Waals surface area contributed by atoms with Gasteiger partial charge in [0.05, 0.1) is 5.92 Å². The van der Waals surface area contributed by atoms with Crippen LogP contribution in [0.25, 0.3) is 0 Å². The fraction of sp³-hybridized carbons (Fsp3) is 1.00. The summed E-state index contributed by atoms with van der Waals surface area (Å²) < 4.78 is 37.9. The van der Waals surface area contributed by atoms with E-state index in [4.69, 9.17) is 5.11 Å². The molecule has 17 heavy (non-hydrogen) atoms. The highest BCUT2D eigenvalue weighted by atomic mass is 19.4. The number of nitrogens with zero attached hydrogens (tertiary/aromatic N) is 1. The molecule has 100 valence electrons. The van der Waals surface area contributed by atoms with Gasteiger partial charge < -0.3 is 10.0 Å². The quantitative estimate of drug-likeness (QED) is 0.832. The number of likely N-dealkylation sites (tertiary alicyclic amines) is 1. The largest absolute Gasteiger partial charge is 0.396 e. The molecule has 1 saturated heterocycles. The Bertz CT molecular complexity index is 251. The molecule has 5 heteroatoms. The predicted octanol–water partition coefficient (Wildman–Crippen LogP) is 2.28. The lowest BCUT2D eigenvalue weighted by Crippen LogP contribution is -2.50. The maximum absolute atomic E-state index is 12.6. The summed E-state index contributed by atoms with van der Waals surface area (Å²) in [4.78, 5) is 2.17. The molecule has 0 radical (unpaired) electrons. The smallest absolute Gasteiger partial charge is 0.391 e. The molecule has 0 aromatic carbocycles. The molecule has 0 amide bonds. The molecule has 2 atom stereocenters. The average molecular weight is 251 g/mol. The van der Waals surface area contributed by atoms with Crippen molar-refractivity contribution < 1.29 is 18.3 Å². The molecule has 2 aliphatic rings. The van der Waals surface area contributed by atoms with Gasteiger partial charge in [-0.3, -0.25) is 0 Å². The second-order valence-electron chi connectivity index (χ2n) is 5.54. The summed E-state index contributed by atoms with van der Waals surface area (Å²) in [7, 11) is 0. The monoisotopic (exact) mass is 251 g/mol. The van der Waals surface area contributed by atoms with E-state index in [1.54, 1.807) is 0 Å². The van der Waals surface area contributed by atoms with Crippen LogP contribution in [0.4, 0.5) is 13.2 Å². The Morgan fingerprint density at radius 2 is 1.82 bits per heavy atom. The van der Waals surface area contributed by atoms with Crippen molar-refractivity contribution >= 4 is 0 Å². The van der Waals surface area contributed by atoms with Gasteiger partial charge in [0.15, 0.2) is 0 Å². The zero-order chi connectivity index (χ0) is 12.5. The summed E-state index contributed by atoms with van der Waals surface area (Å²) >= 11 is 0. The molecule has 0 spiro atoms. The van der Waals surface area contributed by atoms with Crippen molar-refractivity contribution in [1.29, 1.82) is 0 Å². The molecule has 1 aliphatic carbocycles. The molecule has 2 rings (SSSR count). The number of hydrogen-bond donors (Lipinski definition) is 1. The van der Waals surface area contributed by atoms with Gasteiger partial charge in [-0.25, -0.2) is 0 Å². The molecule has 2 fully saturated rings. The van der Waals surface area contributed by atoms with Crippen LogP contribution in [0.2, 0.25) is 0 Å². The third-order valence-electron chi connectivity index (χ3n) is 4.05. The summed E-state index contributed by atoms with van der Waals surface area (Å²) in [6.45, 7) is 2.68. The second-order valence-corrected chi connectivity index (χ2v) is 5.54. The Labute approximate surface area is 99.8 Å². The molecular formula is C12H20F3NO. The van der Waals surface area contributed by atoms with Gasteiger partial charge in [0.25, 0.3) is 0 Å². The third-order valence-corrected chi connectivity index (χ3v) is 4.05. The number of alkyl halides is 3. The molecule has 2 nitrogen and oxygen atoms in total. The Kier molecular flexibility index (Phi) is 3.98. The zero-order valence-electron chi connectivity index (χ0n) is 9.92. The number of halogens is 3. The van der Waals surface area contributed by atoms with E-state index in [0.29, 0.717) is 25.2 Å². The molecule has 1 N–H and O–H groups in total. The van der Waals surface area contributed by atoms with Crippen LogP contribution >= 0.6 is 0 Å². The number of aliphatic hydroxyl groups excluding tert-OH is 1. The summed E-state index contributed by atoms with van der Waals surface area (Å²) in [5.74, 6) is -0.553. The lowest BCUT2D eigenvalue weighted by Gasteiger charge is -2.42. The van der Waals surface area contributed by atoms with Gasteiger partial charge in [-0.05, 0) is 25.2 Å². The van der Waals surface area contributed by atoms with Crippen molar-refractivity contribution in [3.05, 3.63) is 0 Å². The van der Waals surface area contributed by atoms with Crippen molar-refractivity contribution in [2.75, 3.05) is 26.2 Å². The Hall–Kier alpha value is -0.290. The molecule has 0 bridgehead atoms. The number of hydrogen-bond acceptors (Lipinski definition) is 2. The Morgan fingerprint density at radius 1 is 1.12 bits per heavy atom. The second kappa shape index (κ2) is 5.14. The van der Waals surface area contributed by atoms with E-state index in [-0.39, 0.29) is 12.5 Å². The van der Waals surface area contributed by atoms with Crippen LogP contribution in [-0.4, -0.2) is 42.4 Å². The van der Waals surface area contributed by atoms with Crippen molar-refractivity contribution in [3.8, 4) is 0 Å². The minimum Gasteiger partial charge on any atom is -0.396 e. The highest BCUT2D eigenvalue weighted by Crippen LogP contribution is 2.40. The SMILES string of the molecule is OCC1CN(CC2CCCC(C(F)(F)F)C2)C1. The standard InChI is InChI=1S/C12H20F3NO/c13-12(14,15)11-3-1-2-9(4-11)5-16-6-10(7-16)8-17/h9-11,17H,1-8H2. The van der Waals surface area contributed by atoms with Gasteiger partial charge in [-0.15, -0.1) is 0 Å². The van der Waals surface area contributed by atoms with Gasteiger partial charge in [0.2, 0.25) is 0 Å². The average Bonchev–Trinajstić information content (AvgIpc) is 2.22. The summed E-state index contributed by atoms with van der Waals surface area (Å²) in [6.07, 6.45) is -1.79. The van der Waals surface area contributed by atoms with Crippen molar-refractivity contribution in [1.82, 2.24) is 4.90 Å². The zero-order valence-corrected chi connectivity index (χ0v) is 9.92.